The van der Waals surface area contributed by atoms with Crippen molar-refractivity contribution in [3.8, 4) is 0 Å². The van der Waals surface area contributed by atoms with Crippen molar-refractivity contribution in [1.82, 2.24) is 5.32 Å². The van der Waals surface area contributed by atoms with E-state index < -0.39 is 110 Å². The molecule has 48 heavy (non-hydrogen) atoms. The van der Waals surface area contributed by atoms with Gasteiger partial charge in [0.1, 0.15) is 34.9 Å². The Labute approximate surface area is 284 Å². The summed E-state index contributed by atoms with van der Waals surface area (Å²) in [5.74, 6) is -46.5. The van der Waals surface area contributed by atoms with Crippen LogP contribution in [0.3, 0.4) is 0 Å². The summed E-state index contributed by atoms with van der Waals surface area (Å²) in [5, 5.41) is 13.2. The van der Waals surface area contributed by atoms with Crippen LogP contribution in [0.15, 0.2) is 0 Å². The molecule has 0 aliphatic heterocycles. The van der Waals surface area contributed by atoms with Crippen LogP contribution in [-0.4, -0.2) is 62.7 Å². The van der Waals surface area contributed by atoms with Crippen LogP contribution in [0.2, 0.25) is 0 Å². The third-order valence-electron chi connectivity index (χ3n) is 5.10. The second kappa shape index (κ2) is 22.1. The Balaban J connectivity index is -0.00000136. The van der Waals surface area contributed by atoms with E-state index in [1.165, 1.54) is 0 Å². The smallest absolute Gasteiger partial charge is 0.668 e. The summed E-state index contributed by atoms with van der Waals surface area (Å²) in [7, 11) is 14.2. The fourth-order valence-corrected chi connectivity index (χ4v) is 3.50. The first-order valence-corrected chi connectivity index (χ1v) is 12.2. The number of nitrogens with zero attached hydrogens (tertiary/aromatic N) is 3. The number of nitrogens with one attached hydrogen (secondary N) is 1. The molecule has 0 aromatic heterocycles. The molecule has 0 radical (unpaired) electrons. The second-order valence-electron chi connectivity index (χ2n) is 8.73. The van der Waals surface area contributed by atoms with E-state index in [1.807, 2.05) is 14.1 Å². The predicted molar refractivity (Wildman–Crippen MR) is 148 cm³/mol. The zero-order valence-corrected chi connectivity index (χ0v) is 28.6. The molecule has 3 aromatic carbocycles. The summed E-state index contributed by atoms with van der Waals surface area (Å²) in [5.41, 5.74) is -3.28. The van der Waals surface area contributed by atoms with E-state index in [1.54, 1.807) is 42.3 Å². The first kappa shape index (κ1) is 49.7. The average Bonchev–Trinajstić information content (AvgIpc) is 3.00. The summed E-state index contributed by atoms with van der Waals surface area (Å²) in [6.07, 6.45) is -5.91. The van der Waals surface area contributed by atoms with Gasteiger partial charge in [-0.15, -0.1) is 16.4 Å². The van der Waals surface area contributed by atoms with E-state index in [-0.39, 0.29) is 26.2 Å². The topological polar surface area (TPSA) is 80.4 Å². The molecule has 5 nitrogen and oxygen atoms in total. The van der Waals surface area contributed by atoms with Gasteiger partial charge in [0.05, 0.1) is 0 Å². The standard InChI is InChI=1S/C18H2BF15N.C2H7N.3C2H6N.Zr/c20-4-1(5(21)11(27)16(32)10(4)26)19(35,2-6(22)12(28)17(33)13(29)7(2)23)3-8(24)14(30)18(34)15(31)9(3)25;4*1-3-2;/h35H2;3H,1-2H3;3*1-2H3;/q-1;;3*-1;+4. The van der Waals surface area contributed by atoms with Crippen LogP contribution in [0.5, 0.6) is 0 Å². The minimum Gasteiger partial charge on any atom is -0.668 e. The molecule has 3 aromatic rings. The summed E-state index contributed by atoms with van der Waals surface area (Å²) in [6.45, 7) is 0. The number of hydrogen-bond donors (Lipinski definition) is 2. The maximum Gasteiger partial charge on any atom is 4.00 e. The summed E-state index contributed by atoms with van der Waals surface area (Å²) in [6, 6.07) is 0. The number of halogens is 15. The number of nitrogens with two attached hydrogens (primary N) is 1. The van der Waals surface area contributed by atoms with Crippen molar-refractivity contribution in [2.45, 2.75) is 0 Å². The summed E-state index contributed by atoms with van der Waals surface area (Å²) < 4.78 is 211. The Kier molecular flexibility index (Phi) is 23.0. The van der Waals surface area contributed by atoms with E-state index in [0.717, 1.165) is 0 Å². The van der Waals surface area contributed by atoms with Crippen molar-refractivity contribution in [1.29, 1.82) is 0 Å². The van der Waals surface area contributed by atoms with Gasteiger partial charge < -0.3 is 26.9 Å². The van der Waals surface area contributed by atoms with Gasteiger partial charge in [-0.05, 0) is 14.1 Å². The first-order valence-electron chi connectivity index (χ1n) is 12.2. The van der Waals surface area contributed by atoms with Gasteiger partial charge in [-0.1, -0.05) is 0 Å². The molecular weight excluding hydrogens is 769 g/mol. The molecule has 0 heterocycles. The molecule has 22 heteroatoms. The van der Waals surface area contributed by atoms with Crippen molar-refractivity contribution in [2.24, 2.45) is 5.64 Å². The van der Waals surface area contributed by atoms with Crippen molar-refractivity contribution in [3.63, 3.8) is 0 Å². The van der Waals surface area contributed by atoms with Gasteiger partial charge in [0, 0.05) is 0 Å². The Morgan fingerprint density at radius 1 is 0.354 bits per heavy atom. The van der Waals surface area contributed by atoms with Crippen LogP contribution >= 0.6 is 0 Å². The van der Waals surface area contributed by atoms with Crippen LogP contribution < -0.4 is 27.3 Å². The quantitative estimate of drug-likeness (QED) is 0.162. The van der Waals surface area contributed by atoms with E-state index in [2.05, 4.69) is 21.3 Å². The molecule has 0 fully saturated rings. The van der Waals surface area contributed by atoms with Crippen LogP contribution in [0.25, 0.3) is 16.0 Å². The summed E-state index contributed by atoms with van der Waals surface area (Å²) >= 11 is 0. The van der Waals surface area contributed by atoms with Crippen LogP contribution in [0.4, 0.5) is 65.9 Å². The molecule has 0 saturated heterocycles. The van der Waals surface area contributed by atoms with Crippen molar-refractivity contribution in [3.05, 3.63) is 103 Å². The Morgan fingerprint density at radius 3 is 0.542 bits per heavy atom. The molecule has 0 spiro atoms. The van der Waals surface area contributed by atoms with Crippen LogP contribution in [0.1, 0.15) is 0 Å². The SMILES string of the molecule is CNC.C[N-]C.C[N-]C.C[N-]C.N[B-](c1c(F)c(F)c(F)c(F)c1F)(c1c(F)c(F)c(F)c(F)c1F)c1c(F)c(F)c(F)c(F)c1F.[Zr+4]. The first-order chi connectivity index (χ1) is 21.7. The Hall–Kier alpha value is -2.64. The normalized spacial score (nSPS) is 10.2. The zero-order valence-electron chi connectivity index (χ0n) is 26.2. The third-order valence-corrected chi connectivity index (χ3v) is 5.10. The predicted octanol–water partition coefficient (Wildman–Crippen LogP) is 5.39. The number of benzene rings is 3. The Bertz CT molecular complexity index is 1250. The van der Waals surface area contributed by atoms with Gasteiger partial charge >= 0.3 is 26.2 Å². The molecule has 0 bridgehead atoms. The van der Waals surface area contributed by atoms with Gasteiger partial charge in [0.25, 0.3) is 0 Å². The second-order valence-corrected chi connectivity index (χ2v) is 8.73. The van der Waals surface area contributed by atoms with Gasteiger partial charge in [-0.3, -0.25) is 0 Å². The molecule has 0 aliphatic rings. The average molecular weight is 797 g/mol. The maximum absolute atomic E-state index is 14.6. The minimum atomic E-state index is -5.91. The van der Waals surface area contributed by atoms with Crippen LogP contribution in [-0.2, 0) is 26.2 Å². The van der Waals surface area contributed by atoms with Gasteiger partial charge in [-0.2, -0.15) is 42.3 Å². The number of hydrogen-bond acceptors (Lipinski definition) is 2. The molecule has 0 amide bonds. The maximum atomic E-state index is 14.6. The molecule has 0 aliphatic carbocycles. The van der Waals surface area contributed by atoms with E-state index in [0.29, 0.717) is 0 Å². The fraction of sp³-hybridized carbons (Fsp3) is 0.308. The van der Waals surface area contributed by atoms with Crippen LogP contribution in [0, 0.1) is 87.3 Å². The monoisotopic (exact) mass is 795 g/mol. The molecule has 3 rings (SSSR count). The van der Waals surface area contributed by atoms with Gasteiger partial charge in [0.2, 0.25) is 0 Å². The van der Waals surface area contributed by atoms with Gasteiger partial charge in [0.15, 0.2) is 58.6 Å². The zero-order chi connectivity index (χ0) is 37.7. The van der Waals surface area contributed by atoms with Crippen molar-refractivity contribution < 1.29 is 92.1 Å². The van der Waals surface area contributed by atoms with E-state index in [4.69, 9.17) is 5.64 Å². The molecule has 0 saturated carbocycles. The van der Waals surface area contributed by atoms with E-state index in [9.17, 15) is 65.9 Å². The Morgan fingerprint density at radius 2 is 0.438 bits per heavy atom. The van der Waals surface area contributed by atoms with Crippen molar-refractivity contribution >= 4 is 22.7 Å². The van der Waals surface area contributed by atoms with Gasteiger partial charge in [-0.25, -0.2) is 65.9 Å². The molecular formula is C26H27BF15N5Zr. The number of rotatable bonds is 3. The third kappa shape index (κ3) is 10.2. The molecule has 3 N–H and O–H groups in total. The minimum absolute atomic E-state index is 0. The molecule has 0 atom stereocenters. The molecule has 0 unspecified atom stereocenters. The van der Waals surface area contributed by atoms with Crippen molar-refractivity contribution in [2.75, 3.05) is 56.4 Å². The fourth-order valence-electron chi connectivity index (χ4n) is 3.50. The molecule has 268 valence electrons. The largest absolute Gasteiger partial charge is 4.00 e. The summed E-state index contributed by atoms with van der Waals surface area (Å²) in [4.78, 5) is 0. The van der Waals surface area contributed by atoms with E-state index >= 15 is 0 Å².